The van der Waals surface area contributed by atoms with Crippen LogP contribution in [-0.2, 0) is 4.79 Å². The van der Waals surface area contributed by atoms with Crippen molar-refractivity contribution in [3.05, 3.63) is 30.2 Å². The molecular formula is C9H12NO+. The van der Waals surface area contributed by atoms with Gasteiger partial charge in [0.05, 0.1) is 6.92 Å². The van der Waals surface area contributed by atoms with E-state index in [9.17, 15) is 4.79 Å². The van der Waals surface area contributed by atoms with Crippen molar-refractivity contribution in [2.24, 2.45) is 0 Å². The summed E-state index contributed by atoms with van der Waals surface area (Å²) in [7, 11) is 0. The Balaban J connectivity index is 2.52. The first-order valence-corrected chi connectivity index (χ1v) is 3.65. The van der Waals surface area contributed by atoms with Crippen LogP contribution in [0.4, 0.5) is 0 Å². The number of hydrogen-bond acceptors (Lipinski definition) is 1. The van der Waals surface area contributed by atoms with Crippen molar-refractivity contribution in [3.8, 4) is 0 Å². The summed E-state index contributed by atoms with van der Waals surface area (Å²) in [6, 6.07) is 0.175. The second-order valence-electron chi connectivity index (χ2n) is 2.71. The van der Waals surface area contributed by atoms with E-state index in [1.54, 1.807) is 12.2 Å². The van der Waals surface area contributed by atoms with Crippen LogP contribution in [0.3, 0.4) is 0 Å². The summed E-state index contributed by atoms with van der Waals surface area (Å²) in [5.41, 5.74) is 1.09. The fourth-order valence-electron chi connectivity index (χ4n) is 1.06. The van der Waals surface area contributed by atoms with Crippen molar-refractivity contribution < 1.29 is 10.1 Å². The third-order valence-electron chi connectivity index (χ3n) is 1.50. The van der Waals surface area contributed by atoms with Crippen LogP contribution in [0, 0.1) is 6.42 Å². The maximum atomic E-state index is 10.7. The predicted octanol–water partition coefficient (Wildman–Crippen LogP) is 0.0623. The van der Waals surface area contributed by atoms with E-state index in [4.69, 9.17) is 0 Å². The second-order valence-corrected chi connectivity index (χ2v) is 2.71. The van der Waals surface area contributed by atoms with Gasteiger partial charge in [0.25, 0.3) is 0 Å². The summed E-state index contributed by atoms with van der Waals surface area (Å²) in [5, 5.41) is 1.70. The quantitative estimate of drug-likeness (QED) is 0.563. The standard InChI is InChI=1S/C9H11NO/c1-7-4-3-5-9(6-7)10-8(2)11/h3,5-6,9H,1-2H3,(H,10,11)/p+1. The van der Waals surface area contributed by atoms with E-state index in [1.165, 1.54) is 0 Å². The first kappa shape index (κ1) is 8.21. The average molecular weight is 150 g/mol. The Kier molecular flexibility index (Phi) is 2.60. The highest BCUT2D eigenvalue weighted by Crippen LogP contribution is 2.06. The minimum absolute atomic E-state index is 0.116. The molecule has 0 aromatic heterocycles. The number of nitrogens with two attached hydrogens (primary N) is 1. The van der Waals surface area contributed by atoms with Gasteiger partial charge in [-0.15, -0.1) is 0 Å². The summed E-state index contributed by atoms with van der Waals surface area (Å²) in [6.07, 6.45) is 8.86. The van der Waals surface area contributed by atoms with Crippen LogP contribution >= 0.6 is 0 Å². The molecule has 0 spiro atoms. The van der Waals surface area contributed by atoms with Crippen molar-refractivity contribution in [1.29, 1.82) is 0 Å². The largest absolute Gasteiger partial charge is 0.308 e. The fourth-order valence-corrected chi connectivity index (χ4v) is 1.06. The van der Waals surface area contributed by atoms with Crippen molar-refractivity contribution in [2.45, 2.75) is 19.9 Å². The Morgan fingerprint density at radius 3 is 3.00 bits per heavy atom. The average Bonchev–Trinajstić information content (AvgIpc) is 1.85. The Morgan fingerprint density at radius 2 is 2.45 bits per heavy atom. The molecule has 2 heteroatoms. The highest BCUT2D eigenvalue weighted by atomic mass is 16.1. The first-order valence-electron chi connectivity index (χ1n) is 3.65. The monoisotopic (exact) mass is 150 g/mol. The molecule has 11 heavy (non-hydrogen) atoms. The summed E-state index contributed by atoms with van der Waals surface area (Å²) in [4.78, 5) is 10.7. The Morgan fingerprint density at radius 1 is 1.73 bits per heavy atom. The molecule has 1 atom stereocenters. The predicted molar refractivity (Wildman–Crippen MR) is 42.5 cm³/mol. The fraction of sp³-hybridized carbons (Fsp3) is 0.333. The van der Waals surface area contributed by atoms with Gasteiger partial charge < -0.3 is 0 Å². The van der Waals surface area contributed by atoms with Crippen LogP contribution in [-0.4, -0.2) is 11.9 Å². The molecule has 0 saturated carbocycles. The molecule has 0 saturated heterocycles. The van der Waals surface area contributed by atoms with Crippen LogP contribution in [0.2, 0.25) is 0 Å². The Hall–Kier alpha value is -0.890. The van der Waals surface area contributed by atoms with E-state index in [0.29, 0.717) is 0 Å². The molecule has 0 aliphatic heterocycles. The summed E-state index contributed by atoms with van der Waals surface area (Å²) >= 11 is 0. The third kappa shape index (κ3) is 2.68. The number of carbonyl (C=O) groups is 1. The highest BCUT2D eigenvalue weighted by Gasteiger charge is 2.10. The molecule has 1 aliphatic carbocycles. The number of rotatable bonds is 1. The number of hydrogen-bond donors (Lipinski definition) is 1. The molecule has 0 aromatic carbocycles. The summed E-state index contributed by atoms with van der Waals surface area (Å²) in [5.74, 6) is 0.116. The third-order valence-corrected chi connectivity index (χ3v) is 1.50. The van der Waals surface area contributed by atoms with Gasteiger partial charge in [0, 0.05) is 6.42 Å². The molecule has 2 N–H and O–H groups in total. The molecule has 1 amide bonds. The van der Waals surface area contributed by atoms with Crippen molar-refractivity contribution >= 4 is 5.91 Å². The molecule has 1 rings (SSSR count). The zero-order chi connectivity index (χ0) is 8.27. The van der Waals surface area contributed by atoms with E-state index in [2.05, 4.69) is 6.42 Å². The molecule has 2 nitrogen and oxygen atoms in total. The normalized spacial score (nSPS) is 23.1. The molecule has 58 valence electrons. The van der Waals surface area contributed by atoms with Gasteiger partial charge in [-0.3, -0.25) is 5.32 Å². The van der Waals surface area contributed by atoms with Crippen LogP contribution in [0.5, 0.6) is 0 Å². The van der Waals surface area contributed by atoms with E-state index in [0.717, 1.165) is 5.57 Å². The lowest BCUT2D eigenvalue weighted by atomic mass is 10.0. The maximum Gasteiger partial charge on any atom is 0.308 e. The van der Waals surface area contributed by atoms with Crippen LogP contribution in [0.1, 0.15) is 13.8 Å². The zero-order valence-corrected chi connectivity index (χ0v) is 6.79. The van der Waals surface area contributed by atoms with Crippen LogP contribution < -0.4 is 5.32 Å². The lowest BCUT2D eigenvalue weighted by Crippen LogP contribution is -2.92. The van der Waals surface area contributed by atoms with Crippen molar-refractivity contribution in [2.75, 3.05) is 0 Å². The van der Waals surface area contributed by atoms with E-state index < -0.39 is 0 Å². The number of carbonyl (C=O) groups excluding carboxylic acids is 1. The van der Waals surface area contributed by atoms with Crippen LogP contribution in [0.15, 0.2) is 23.8 Å². The minimum atomic E-state index is 0.116. The molecule has 0 heterocycles. The van der Waals surface area contributed by atoms with Gasteiger partial charge in [0.2, 0.25) is 0 Å². The van der Waals surface area contributed by atoms with Crippen LogP contribution in [0.25, 0.3) is 0 Å². The lowest BCUT2D eigenvalue weighted by molar-refractivity contribution is -0.582. The second kappa shape index (κ2) is 3.49. The summed E-state index contributed by atoms with van der Waals surface area (Å²) in [6.45, 7) is 3.55. The number of primary amides is 1. The molecule has 1 aliphatic rings. The number of quaternary nitrogens is 1. The molecule has 0 aromatic rings. The number of allylic oxidation sites excluding steroid dienone is 2. The van der Waals surface area contributed by atoms with Gasteiger partial charge in [-0.2, -0.15) is 0 Å². The molecule has 1 unspecified atom stereocenters. The topological polar surface area (TPSA) is 33.7 Å². The van der Waals surface area contributed by atoms with Crippen molar-refractivity contribution in [3.63, 3.8) is 0 Å². The maximum absolute atomic E-state index is 10.7. The van der Waals surface area contributed by atoms with Gasteiger partial charge >= 0.3 is 5.91 Å². The van der Waals surface area contributed by atoms with Gasteiger partial charge in [0.1, 0.15) is 6.04 Å². The van der Waals surface area contributed by atoms with Crippen molar-refractivity contribution in [1.82, 2.24) is 0 Å². The Bertz CT molecular complexity index is 216. The molecule has 2 radical (unpaired) electrons. The van der Waals surface area contributed by atoms with Gasteiger partial charge in [0.15, 0.2) is 0 Å². The van der Waals surface area contributed by atoms with Gasteiger partial charge in [-0.1, -0.05) is 11.6 Å². The highest BCUT2D eigenvalue weighted by molar-refractivity contribution is 5.62. The minimum Gasteiger partial charge on any atom is -0.275 e. The smallest absolute Gasteiger partial charge is 0.275 e. The molecule has 0 fully saturated rings. The summed E-state index contributed by atoms with van der Waals surface area (Å²) < 4.78 is 0. The van der Waals surface area contributed by atoms with Gasteiger partial charge in [-0.25, -0.2) is 4.79 Å². The SMILES string of the molecule is CC(=O)[NH2+]C1C=C[C]C(C)=C1. The molecule has 0 bridgehead atoms. The van der Waals surface area contributed by atoms with Gasteiger partial charge in [-0.05, 0) is 19.1 Å². The number of amides is 1. The van der Waals surface area contributed by atoms with E-state index in [1.807, 2.05) is 25.2 Å². The Labute approximate surface area is 67.0 Å². The lowest BCUT2D eigenvalue weighted by Gasteiger charge is -2.09. The molecular weight excluding hydrogens is 138 g/mol. The first-order chi connectivity index (χ1) is 5.18. The zero-order valence-electron chi connectivity index (χ0n) is 6.79. The van der Waals surface area contributed by atoms with E-state index in [-0.39, 0.29) is 11.9 Å². The van der Waals surface area contributed by atoms with E-state index >= 15 is 0 Å².